The SMILES string of the molecule is CC(C)(C)C(=O)N(CCC(N)=S)CC1CCCO1. The van der Waals surface area contributed by atoms with Crippen molar-refractivity contribution in [3.8, 4) is 0 Å². The lowest BCUT2D eigenvalue weighted by atomic mass is 9.94. The average Bonchev–Trinajstić information content (AvgIpc) is 2.74. The minimum absolute atomic E-state index is 0.134. The van der Waals surface area contributed by atoms with E-state index in [1.54, 1.807) is 0 Å². The zero-order chi connectivity index (χ0) is 13.8. The Bertz CT molecular complexity index is 307. The van der Waals surface area contributed by atoms with Gasteiger partial charge in [0.25, 0.3) is 0 Å². The van der Waals surface area contributed by atoms with Crippen molar-refractivity contribution in [1.82, 2.24) is 4.90 Å². The first-order valence-corrected chi connectivity index (χ1v) is 6.91. The normalized spacial score (nSPS) is 19.8. The van der Waals surface area contributed by atoms with Gasteiger partial charge in [-0.2, -0.15) is 0 Å². The Morgan fingerprint density at radius 3 is 2.61 bits per heavy atom. The van der Waals surface area contributed by atoms with Crippen molar-refractivity contribution >= 4 is 23.1 Å². The van der Waals surface area contributed by atoms with Gasteiger partial charge >= 0.3 is 0 Å². The van der Waals surface area contributed by atoms with Crippen LogP contribution in [-0.2, 0) is 9.53 Å². The minimum atomic E-state index is -0.380. The fourth-order valence-electron chi connectivity index (χ4n) is 2.03. The summed E-state index contributed by atoms with van der Waals surface area (Å²) in [6.07, 6.45) is 2.85. The molecule has 0 saturated carbocycles. The van der Waals surface area contributed by atoms with Crippen LogP contribution in [-0.4, -0.2) is 41.6 Å². The number of carbonyl (C=O) groups is 1. The molecule has 1 atom stereocenters. The summed E-state index contributed by atoms with van der Waals surface area (Å²) in [4.78, 5) is 14.6. The largest absolute Gasteiger partial charge is 0.393 e. The number of amides is 1. The summed E-state index contributed by atoms with van der Waals surface area (Å²) in [7, 11) is 0. The number of hydrogen-bond donors (Lipinski definition) is 1. The second kappa shape index (κ2) is 6.48. The minimum Gasteiger partial charge on any atom is -0.393 e. The number of nitrogens with two attached hydrogens (primary N) is 1. The summed E-state index contributed by atoms with van der Waals surface area (Å²) in [5.41, 5.74) is 5.14. The fourth-order valence-corrected chi connectivity index (χ4v) is 2.12. The highest BCUT2D eigenvalue weighted by Crippen LogP contribution is 2.20. The summed E-state index contributed by atoms with van der Waals surface area (Å²) < 4.78 is 5.60. The van der Waals surface area contributed by atoms with E-state index in [9.17, 15) is 4.79 Å². The monoisotopic (exact) mass is 272 g/mol. The van der Waals surface area contributed by atoms with Crippen molar-refractivity contribution in [2.75, 3.05) is 19.7 Å². The van der Waals surface area contributed by atoms with Gasteiger partial charge in [-0.05, 0) is 12.8 Å². The van der Waals surface area contributed by atoms with Crippen molar-refractivity contribution in [3.63, 3.8) is 0 Å². The molecule has 0 aromatic carbocycles. The van der Waals surface area contributed by atoms with Crippen LogP contribution in [0, 0.1) is 5.41 Å². The molecule has 1 aliphatic rings. The van der Waals surface area contributed by atoms with Gasteiger partial charge in [-0.3, -0.25) is 4.79 Å². The summed E-state index contributed by atoms with van der Waals surface area (Å²) >= 11 is 4.89. The smallest absolute Gasteiger partial charge is 0.228 e. The van der Waals surface area contributed by atoms with Crippen LogP contribution in [0.5, 0.6) is 0 Å². The average molecular weight is 272 g/mol. The topological polar surface area (TPSA) is 55.6 Å². The van der Waals surface area contributed by atoms with Crippen LogP contribution >= 0.6 is 12.2 Å². The Hall–Kier alpha value is -0.680. The maximum Gasteiger partial charge on any atom is 0.228 e. The van der Waals surface area contributed by atoms with E-state index >= 15 is 0 Å². The lowest BCUT2D eigenvalue weighted by molar-refractivity contribution is -0.140. The van der Waals surface area contributed by atoms with Crippen LogP contribution in [0.3, 0.4) is 0 Å². The Labute approximate surface area is 115 Å². The molecule has 1 amide bonds. The van der Waals surface area contributed by atoms with E-state index in [0.29, 0.717) is 24.5 Å². The van der Waals surface area contributed by atoms with E-state index < -0.39 is 0 Å². The van der Waals surface area contributed by atoms with Crippen molar-refractivity contribution in [2.45, 2.75) is 46.1 Å². The van der Waals surface area contributed by atoms with Gasteiger partial charge in [-0.1, -0.05) is 33.0 Å². The number of hydrogen-bond acceptors (Lipinski definition) is 3. The Morgan fingerprint density at radius 1 is 1.50 bits per heavy atom. The Balaban J connectivity index is 2.61. The molecule has 1 saturated heterocycles. The van der Waals surface area contributed by atoms with Crippen molar-refractivity contribution in [1.29, 1.82) is 0 Å². The molecule has 0 spiro atoms. The highest BCUT2D eigenvalue weighted by molar-refractivity contribution is 7.80. The lowest BCUT2D eigenvalue weighted by Crippen LogP contribution is -2.44. The molecule has 1 heterocycles. The van der Waals surface area contributed by atoms with Gasteiger partial charge < -0.3 is 15.4 Å². The number of carbonyl (C=O) groups excluding carboxylic acids is 1. The number of rotatable bonds is 5. The van der Waals surface area contributed by atoms with Crippen molar-refractivity contribution < 1.29 is 9.53 Å². The molecule has 104 valence electrons. The van der Waals surface area contributed by atoms with Crippen LogP contribution in [0.15, 0.2) is 0 Å². The Kier molecular flexibility index (Phi) is 5.53. The highest BCUT2D eigenvalue weighted by atomic mass is 32.1. The molecule has 1 fully saturated rings. The molecule has 0 aliphatic carbocycles. The summed E-state index contributed by atoms with van der Waals surface area (Å²) in [5, 5.41) is 0. The van der Waals surface area contributed by atoms with Gasteiger partial charge in [0.2, 0.25) is 5.91 Å². The third kappa shape index (κ3) is 4.90. The molecule has 5 heteroatoms. The standard InChI is InChI=1S/C13H24N2O2S/c1-13(2,3)12(16)15(7-6-11(14)18)9-10-5-4-8-17-10/h10H,4-9H2,1-3H3,(H2,14,18). The predicted octanol–water partition coefficient (Wildman–Crippen LogP) is 1.72. The van der Waals surface area contributed by atoms with Crippen LogP contribution in [0.4, 0.5) is 0 Å². The first kappa shape index (κ1) is 15.4. The van der Waals surface area contributed by atoms with E-state index in [4.69, 9.17) is 22.7 Å². The molecule has 18 heavy (non-hydrogen) atoms. The quantitative estimate of drug-likeness (QED) is 0.774. The predicted molar refractivity (Wildman–Crippen MR) is 76.4 cm³/mol. The molecule has 0 bridgehead atoms. The molecular formula is C13H24N2O2S. The van der Waals surface area contributed by atoms with Crippen LogP contribution in [0.1, 0.15) is 40.0 Å². The molecule has 4 nitrogen and oxygen atoms in total. The van der Waals surface area contributed by atoms with Gasteiger partial charge in [0.05, 0.1) is 11.1 Å². The molecule has 0 radical (unpaired) electrons. The zero-order valence-electron chi connectivity index (χ0n) is 11.6. The molecular weight excluding hydrogens is 248 g/mol. The highest BCUT2D eigenvalue weighted by Gasteiger charge is 2.29. The zero-order valence-corrected chi connectivity index (χ0v) is 12.4. The van der Waals surface area contributed by atoms with Gasteiger partial charge in [0.1, 0.15) is 0 Å². The van der Waals surface area contributed by atoms with Crippen LogP contribution in [0.25, 0.3) is 0 Å². The second-order valence-electron chi connectivity index (χ2n) is 5.85. The van der Waals surface area contributed by atoms with E-state index in [-0.39, 0.29) is 17.4 Å². The summed E-state index contributed by atoms with van der Waals surface area (Å²) in [6, 6.07) is 0. The molecule has 0 aromatic rings. The maximum absolute atomic E-state index is 12.4. The Morgan fingerprint density at radius 2 is 2.17 bits per heavy atom. The number of nitrogens with zero attached hydrogens (tertiary/aromatic N) is 1. The van der Waals surface area contributed by atoms with Gasteiger partial charge in [0, 0.05) is 31.5 Å². The number of ether oxygens (including phenoxy) is 1. The second-order valence-corrected chi connectivity index (χ2v) is 6.38. The molecule has 0 aromatic heterocycles. The summed E-state index contributed by atoms with van der Waals surface area (Å²) in [5.74, 6) is 0.134. The summed E-state index contributed by atoms with van der Waals surface area (Å²) in [6.45, 7) is 7.83. The fraction of sp³-hybridized carbons (Fsp3) is 0.846. The van der Waals surface area contributed by atoms with E-state index in [2.05, 4.69) is 0 Å². The van der Waals surface area contributed by atoms with Crippen LogP contribution < -0.4 is 5.73 Å². The molecule has 1 aliphatic heterocycles. The van der Waals surface area contributed by atoms with Crippen LogP contribution in [0.2, 0.25) is 0 Å². The van der Waals surface area contributed by atoms with E-state index in [1.807, 2.05) is 25.7 Å². The molecule has 1 unspecified atom stereocenters. The van der Waals surface area contributed by atoms with Crippen molar-refractivity contribution in [2.24, 2.45) is 11.1 Å². The van der Waals surface area contributed by atoms with E-state index in [0.717, 1.165) is 19.4 Å². The van der Waals surface area contributed by atoms with Crippen molar-refractivity contribution in [3.05, 3.63) is 0 Å². The third-order valence-electron chi connectivity index (χ3n) is 3.00. The molecule has 1 rings (SSSR count). The third-order valence-corrected chi connectivity index (χ3v) is 3.21. The number of thiocarbonyl (C=S) groups is 1. The lowest BCUT2D eigenvalue weighted by Gasteiger charge is -2.31. The van der Waals surface area contributed by atoms with E-state index in [1.165, 1.54) is 0 Å². The van der Waals surface area contributed by atoms with Gasteiger partial charge in [0.15, 0.2) is 0 Å². The molecule has 2 N–H and O–H groups in total. The van der Waals surface area contributed by atoms with Gasteiger partial charge in [-0.15, -0.1) is 0 Å². The van der Waals surface area contributed by atoms with Gasteiger partial charge in [-0.25, -0.2) is 0 Å². The first-order valence-electron chi connectivity index (χ1n) is 6.50. The first-order chi connectivity index (χ1) is 8.30. The maximum atomic E-state index is 12.4.